The second-order valence-corrected chi connectivity index (χ2v) is 8.04. The molecule has 4 rings (SSSR count). The van der Waals surface area contributed by atoms with Gasteiger partial charge in [0.25, 0.3) is 0 Å². The van der Waals surface area contributed by atoms with E-state index in [1.54, 1.807) is 12.1 Å². The standard InChI is InChI=1S/C20H22BFNO4/c1-19(2)20(3,4)27-21(26-19)17(14-8-6-5-7-9-14)23(18(24)25-21)16-12-10-15(22)11-13-16/h5-13,17H,1-4H3/q-1. The van der Waals surface area contributed by atoms with Gasteiger partial charge in [-0.3, -0.25) is 0 Å². The average Bonchev–Trinajstić information content (AvgIpc) is 2.96. The van der Waals surface area contributed by atoms with Crippen molar-refractivity contribution < 1.29 is 23.1 Å². The Bertz CT molecular complexity index is 853. The summed E-state index contributed by atoms with van der Waals surface area (Å²) in [6.07, 6.45) is -0.580. The number of halogens is 1. The molecule has 5 nitrogen and oxygen atoms in total. The molecule has 2 aliphatic rings. The van der Waals surface area contributed by atoms with Crippen molar-refractivity contribution in [1.29, 1.82) is 0 Å². The predicted molar refractivity (Wildman–Crippen MR) is 101 cm³/mol. The molecule has 142 valence electrons. The summed E-state index contributed by atoms with van der Waals surface area (Å²) in [4.78, 5) is 14.4. The lowest BCUT2D eigenvalue weighted by molar-refractivity contribution is 0.00578. The summed E-state index contributed by atoms with van der Waals surface area (Å²) in [6, 6.07) is 15.2. The highest BCUT2D eigenvalue weighted by Gasteiger charge is 2.64. The molecule has 0 aliphatic carbocycles. The fourth-order valence-corrected chi connectivity index (χ4v) is 3.77. The van der Waals surface area contributed by atoms with Crippen LogP contribution < -0.4 is 4.90 Å². The largest absolute Gasteiger partial charge is 0.625 e. The van der Waals surface area contributed by atoms with Crippen LogP contribution in [0.3, 0.4) is 0 Å². The van der Waals surface area contributed by atoms with Crippen LogP contribution in [0.15, 0.2) is 54.6 Å². The summed E-state index contributed by atoms with van der Waals surface area (Å²) in [5.74, 6) is -0.997. The summed E-state index contributed by atoms with van der Waals surface area (Å²) >= 11 is 0. The van der Waals surface area contributed by atoms with Crippen LogP contribution in [0.4, 0.5) is 14.9 Å². The van der Waals surface area contributed by atoms with Gasteiger partial charge in [0, 0.05) is 22.8 Å². The van der Waals surface area contributed by atoms with E-state index in [9.17, 15) is 9.18 Å². The quantitative estimate of drug-likeness (QED) is 0.725. The average molecular weight is 370 g/mol. The van der Waals surface area contributed by atoms with E-state index in [-0.39, 0.29) is 5.82 Å². The summed E-state index contributed by atoms with van der Waals surface area (Å²) in [7, 11) is 0. The van der Waals surface area contributed by atoms with Crippen LogP contribution in [-0.4, -0.2) is 24.0 Å². The zero-order valence-electron chi connectivity index (χ0n) is 15.8. The minimum atomic E-state index is -2.43. The number of amides is 1. The van der Waals surface area contributed by atoms with Gasteiger partial charge in [-0.1, -0.05) is 35.9 Å². The maximum atomic E-state index is 13.4. The van der Waals surface area contributed by atoms with Crippen LogP contribution in [0, 0.1) is 5.82 Å². The van der Waals surface area contributed by atoms with Gasteiger partial charge in [0.1, 0.15) is 5.82 Å². The Morgan fingerprint density at radius 1 is 0.926 bits per heavy atom. The fourth-order valence-electron chi connectivity index (χ4n) is 3.77. The third-order valence-corrected chi connectivity index (χ3v) is 5.74. The van der Waals surface area contributed by atoms with Crippen molar-refractivity contribution >= 4 is 18.5 Å². The number of anilines is 1. The van der Waals surface area contributed by atoms with E-state index in [0.717, 1.165) is 5.56 Å². The molecule has 0 radical (unpaired) electrons. The van der Waals surface area contributed by atoms with Crippen molar-refractivity contribution in [2.75, 3.05) is 4.90 Å². The van der Waals surface area contributed by atoms with E-state index in [1.165, 1.54) is 17.0 Å². The molecule has 1 atom stereocenters. The Labute approximate surface area is 158 Å². The Morgan fingerprint density at radius 3 is 2.04 bits per heavy atom. The van der Waals surface area contributed by atoms with E-state index in [4.69, 9.17) is 14.0 Å². The van der Waals surface area contributed by atoms with E-state index in [1.807, 2.05) is 58.0 Å². The summed E-state index contributed by atoms with van der Waals surface area (Å²) in [6.45, 7) is 5.24. The first-order valence-electron chi connectivity index (χ1n) is 9.02. The molecule has 0 saturated carbocycles. The number of carbonyl (C=O) groups excluding carboxylic acids is 1. The molecule has 7 heteroatoms. The van der Waals surface area contributed by atoms with Crippen LogP contribution in [0.2, 0.25) is 0 Å². The topological polar surface area (TPSA) is 48.0 Å². The summed E-state index contributed by atoms with van der Waals surface area (Å²) in [5, 5.41) is 0. The van der Waals surface area contributed by atoms with Crippen molar-refractivity contribution in [1.82, 2.24) is 0 Å². The normalized spacial score (nSPS) is 25.0. The highest BCUT2D eigenvalue weighted by atomic mass is 19.1. The molecule has 0 aromatic heterocycles. The van der Waals surface area contributed by atoms with Crippen molar-refractivity contribution in [3.05, 3.63) is 66.0 Å². The van der Waals surface area contributed by atoms with Crippen LogP contribution >= 0.6 is 0 Å². The molecule has 27 heavy (non-hydrogen) atoms. The van der Waals surface area contributed by atoms with E-state index < -0.39 is 30.0 Å². The molecule has 2 saturated heterocycles. The zero-order valence-corrected chi connectivity index (χ0v) is 15.8. The first-order chi connectivity index (χ1) is 12.7. The molecule has 2 aromatic rings. The molecule has 1 amide bonds. The molecule has 1 unspecified atom stereocenters. The molecule has 2 aliphatic heterocycles. The molecule has 0 bridgehead atoms. The zero-order chi connectivity index (χ0) is 19.4. The van der Waals surface area contributed by atoms with Gasteiger partial charge in [-0.2, -0.15) is 0 Å². The highest BCUT2D eigenvalue weighted by Crippen LogP contribution is 2.52. The van der Waals surface area contributed by atoms with Gasteiger partial charge in [-0.25, -0.2) is 9.18 Å². The highest BCUT2D eigenvalue weighted by molar-refractivity contribution is 6.68. The maximum Gasteiger partial charge on any atom is 0.466 e. The molecule has 0 N–H and O–H groups in total. The van der Waals surface area contributed by atoms with Crippen LogP contribution in [-0.2, 0) is 14.0 Å². The number of benzene rings is 2. The lowest BCUT2D eigenvalue weighted by atomic mass is 9.65. The van der Waals surface area contributed by atoms with Gasteiger partial charge < -0.3 is 18.9 Å². The molecule has 2 aromatic carbocycles. The lowest BCUT2D eigenvalue weighted by Crippen LogP contribution is -2.47. The Balaban J connectivity index is 1.86. The van der Waals surface area contributed by atoms with Gasteiger partial charge in [0.15, 0.2) is 0 Å². The van der Waals surface area contributed by atoms with Gasteiger partial charge in [-0.15, -0.1) is 0 Å². The number of hydrogen-bond donors (Lipinski definition) is 0. The molecular weight excluding hydrogens is 348 g/mol. The van der Waals surface area contributed by atoms with Gasteiger partial charge in [-0.05, 0) is 52.0 Å². The first kappa shape index (κ1) is 18.0. The monoisotopic (exact) mass is 370 g/mol. The summed E-state index contributed by atoms with van der Waals surface area (Å²) in [5.41, 5.74) is 0.00277. The third kappa shape index (κ3) is 2.73. The molecular formula is C20H22BFNO4-. The Hall–Kier alpha value is -2.38. The van der Waals surface area contributed by atoms with Crippen molar-refractivity contribution in [2.24, 2.45) is 0 Å². The van der Waals surface area contributed by atoms with Crippen LogP contribution in [0.25, 0.3) is 0 Å². The SMILES string of the molecule is CC1(C)O[B-]2(OC(=O)N(c3ccc(F)cc3)C2c2ccccc2)OC1(C)C. The van der Waals surface area contributed by atoms with Gasteiger partial charge >= 0.3 is 12.8 Å². The smallest absolute Gasteiger partial charge is 0.466 e. The third-order valence-electron chi connectivity index (χ3n) is 5.74. The predicted octanol–water partition coefficient (Wildman–Crippen LogP) is 4.61. The Kier molecular flexibility index (Phi) is 3.88. The second kappa shape index (κ2) is 5.81. The van der Waals surface area contributed by atoms with Crippen molar-refractivity contribution in [3.8, 4) is 0 Å². The number of nitrogens with zero attached hydrogens (tertiary/aromatic N) is 1. The van der Waals surface area contributed by atoms with E-state index in [2.05, 4.69) is 0 Å². The van der Waals surface area contributed by atoms with Crippen molar-refractivity contribution in [2.45, 2.75) is 44.8 Å². The Morgan fingerprint density at radius 2 is 1.48 bits per heavy atom. The molecule has 1 spiro atoms. The number of hydrogen-bond acceptors (Lipinski definition) is 4. The van der Waals surface area contributed by atoms with E-state index >= 15 is 0 Å². The van der Waals surface area contributed by atoms with Crippen molar-refractivity contribution in [3.63, 3.8) is 0 Å². The van der Waals surface area contributed by atoms with Crippen LogP contribution in [0.1, 0.15) is 39.2 Å². The molecule has 2 fully saturated rings. The number of carbonyl (C=O) groups is 1. The fraction of sp³-hybridized carbons (Fsp3) is 0.350. The maximum absolute atomic E-state index is 13.4. The molecule has 2 heterocycles. The van der Waals surface area contributed by atoms with Crippen LogP contribution in [0.5, 0.6) is 0 Å². The summed E-state index contributed by atoms with van der Waals surface area (Å²) < 4.78 is 31.8. The minimum absolute atomic E-state index is 0.376. The minimum Gasteiger partial charge on any atom is -0.625 e. The van der Waals surface area contributed by atoms with Gasteiger partial charge in [0.2, 0.25) is 0 Å². The lowest BCUT2D eigenvalue weighted by Gasteiger charge is -2.37. The second-order valence-electron chi connectivity index (χ2n) is 8.04. The van der Waals surface area contributed by atoms with E-state index in [0.29, 0.717) is 5.69 Å². The first-order valence-corrected chi connectivity index (χ1v) is 9.02. The number of rotatable bonds is 2. The van der Waals surface area contributed by atoms with Gasteiger partial charge in [0.05, 0.1) is 0 Å².